The summed E-state index contributed by atoms with van der Waals surface area (Å²) < 4.78 is 6.36. The fourth-order valence-electron chi connectivity index (χ4n) is 6.20. The van der Waals surface area contributed by atoms with Crippen molar-refractivity contribution in [3.63, 3.8) is 0 Å². The fraction of sp³-hybridized carbons (Fsp3) is 0.950. The van der Waals surface area contributed by atoms with E-state index in [1.165, 1.54) is 51.6 Å². The lowest BCUT2D eigenvalue weighted by Gasteiger charge is -2.62. The molecule has 2 aliphatic carbocycles. The van der Waals surface area contributed by atoms with Crippen LogP contribution in [0, 0.1) is 22.7 Å². The highest BCUT2D eigenvalue weighted by Gasteiger charge is 2.63. The van der Waals surface area contributed by atoms with E-state index in [4.69, 9.17) is 4.74 Å². The number of hydrogen-bond donors (Lipinski definition) is 0. The molecule has 3 nitrogen and oxygen atoms in total. The summed E-state index contributed by atoms with van der Waals surface area (Å²) in [5.41, 5.74) is -0.0104. The van der Waals surface area contributed by atoms with Crippen LogP contribution in [0.15, 0.2) is 0 Å². The van der Waals surface area contributed by atoms with Crippen molar-refractivity contribution >= 4 is 5.78 Å². The van der Waals surface area contributed by atoms with Gasteiger partial charge in [-0.3, -0.25) is 4.79 Å². The molecular formula is C20H33NO2. The predicted molar refractivity (Wildman–Crippen MR) is 91.3 cm³/mol. The van der Waals surface area contributed by atoms with Gasteiger partial charge in [0.1, 0.15) is 5.78 Å². The second-order valence-electron chi connectivity index (χ2n) is 9.75. The van der Waals surface area contributed by atoms with Crippen molar-refractivity contribution in [3.05, 3.63) is 0 Å². The molecule has 0 amide bonds. The summed E-state index contributed by atoms with van der Waals surface area (Å²) in [5.74, 6) is 1.61. The molecule has 0 aromatic heterocycles. The van der Waals surface area contributed by atoms with E-state index in [9.17, 15) is 4.79 Å². The van der Waals surface area contributed by atoms with Crippen LogP contribution in [-0.2, 0) is 9.53 Å². The van der Waals surface area contributed by atoms with Gasteiger partial charge in [-0.25, -0.2) is 0 Å². The number of piperidine rings is 1. The third kappa shape index (κ3) is 2.50. The average Bonchev–Trinajstić information content (AvgIpc) is 2.50. The molecule has 2 bridgehead atoms. The molecule has 0 spiro atoms. The van der Waals surface area contributed by atoms with Crippen molar-refractivity contribution in [1.82, 2.24) is 4.90 Å². The first-order valence-corrected chi connectivity index (χ1v) is 9.74. The highest BCUT2D eigenvalue weighted by molar-refractivity contribution is 5.87. The van der Waals surface area contributed by atoms with Crippen LogP contribution < -0.4 is 0 Å². The second kappa shape index (κ2) is 5.29. The molecule has 0 aromatic carbocycles. The molecule has 4 atom stereocenters. The highest BCUT2D eigenvalue weighted by Crippen LogP contribution is 2.61. The van der Waals surface area contributed by atoms with Crippen molar-refractivity contribution in [1.29, 1.82) is 0 Å². The van der Waals surface area contributed by atoms with Crippen molar-refractivity contribution in [2.45, 2.75) is 71.3 Å². The van der Waals surface area contributed by atoms with Gasteiger partial charge in [-0.05, 0) is 76.3 Å². The zero-order valence-corrected chi connectivity index (χ0v) is 15.2. The number of rotatable bonds is 2. The number of Topliss-reactive ketones (excluding diaryl/α,β-unsaturated/α-hetero) is 1. The largest absolute Gasteiger partial charge is 0.374 e. The van der Waals surface area contributed by atoms with E-state index >= 15 is 0 Å². The SMILES string of the molecule is CC1(C)OC[C@@]2(CN3CCCCC3)C(=O)C[C@@]3(C)CCC1C2C3. The van der Waals surface area contributed by atoms with Crippen molar-refractivity contribution < 1.29 is 9.53 Å². The lowest BCUT2D eigenvalue weighted by atomic mass is 9.46. The van der Waals surface area contributed by atoms with E-state index in [2.05, 4.69) is 25.7 Å². The van der Waals surface area contributed by atoms with Crippen molar-refractivity contribution in [3.8, 4) is 0 Å². The summed E-state index contributed by atoms with van der Waals surface area (Å²) in [5, 5.41) is 0. The van der Waals surface area contributed by atoms with Gasteiger partial charge in [-0.15, -0.1) is 0 Å². The van der Waals surface area contributed by atoms with Gasteiger partial charge in [0.2, 0.25) is 0 Å². The Morgan fingerprint density at radius 2 is 1.87 bits per heavy atom. The van der Waals surface area contributed by atoms with E-state index in [1.54, 1.807) is 0 Å². The number of carbonyl (C=O) groups excluding carboxylic acids is 1. The zero-order chi connectivity index (χ0) is 16.3. The molecule has 2 aliphatic heterocycles. The summed E-state index contributed by atoms with van der Waals surface area (Å²) in [6.07, 6.45) is 8.41. The van der Waals surface area contributed by atoms with Gasteiger partial charge in [-0.2, -0.15) is 0 Å². The third-order valence-corrected chi connectivity index (χ3v) is 7.66. The number of hydrogen-bond acceptors (Lipinski definition) is 3. The van der Waals surface area contributed by atoms with E-state index in [1.807, 2.05) is 0 Å². The van der Waals surface area contributed by atoms with E-state index in [0.29, 0.717) is 24.2 Å². The minimum Gasteiger partial charge on any atom is -0.374 e. The van der Waals surface area contributed by atoms with E-state index in [-0.39, 0.29) is 16.4 Å². The molecule has 4 fully saturated rings. The van der Waals surface area contributed by atoms with E-state index in [0.717, 1.165) is 13.0 Å². The molecule has 130 valence electrons. The monoisotopic (exact) mass is 319 g/mol. The molecule has 2 unspecified atom stereocenters. The minimum absolute atomic E-state index is 0.0605. The first-order valence-electron chi connectivity index (χ1n) is 9.74. The minimum atomic E-state index is -0.211. The summed E-state index contributed by atoms with van der Waals surface area (Å²) in [6.45, 7) is 10.8. The Balaban J connectivity index is 1.67. The number of ketones is 1. The fourth-order valence-corrected chi connectivity index (χ4v) is 6.20. The zero-order valence-electron chi connectivity index (χ0n) is 15.2. The van der Waals surface area contributed by atoms with Gasteiger partial charge in [0, 0.05) is 13.0 Å². The topological polar surface area (TPSA) is 29.5 Å². The Bertz CT molecular complexity index is 496. The van der Waals surface area contributed by atoms with Crippen LogP contribution in [-0.4, -0.2) is 42.5 Å². The molecule has 4 aliphatic rings. The molecule has 0 radical (unpaired) electrons. The Labute approximate surface area is 141 Å². The summed E-state index contributed by atoms with van der Waals surface area (Å²) >= 11 is 0. The number of nitrogens with zero attached hydrogens (tertiary/aromatic N) is 1. The quantitative estimate of drug-likeness (QED) is 0.778. The average molecular weight is 319 g/mol. The maximum atomic E-state index is 13.3. The van der Waals surface area contributed by atoms with Crippen molar-refractivity contribution in [2.75, 3.05) is 26.2 Å². The number of fused-ring (bicyclic) bond motifs is 1. The van der Waals surface area contributed by atoms with Crippen LogP contribution in [0.3, 0.4) is 0 Å². The van der Waals surface area contributed by atoms with Gasteiger partial charge in [0.25, 0.3) is 0 Å². The molecule has 2 saturated carbocycles. The lowest BCUT2D eigenvalue weighted by molar-refractivity contribution is -0.225. The number of carbonyl (C=O) groups is 1. The maximum absolute atomic E-state index is 13.3. The maximum Gasteiger partial charge on any atom is 0.143 e. The van der Waals surface area contributed by atoms with E-state index < -0.39 is 0 Å². The molecule has 2 heterocycles. The second-order valence-corrected chi connectivity index (χ2v) is 9.75. The van der Waals surface area contributed by atoms with Crippen molar-refractivity contribution in [2.24, 2.45) is 22.7 Å². The van der Waals surface area contributed by atoms with Gasteiger partial charge in [-0.1, -0.05) is 13.3 Å². The first-order chi connectivity index (χ1) is 10.8. The van der Waals surface area contributed by atoms with Crippen LogP contribution in [0.4, 0.5) is 0 Å². The normalized spacial score (nSPS) is 46.7. The third-order valence-electron chi connectivity index (χ3n) is 7.66. The molecule has 0 N–H and O–H groups in total. The summed E-state index contributed by atoms with van der Waals surface area (Å²) in [4.78, 5) is 15.9. The molecule has 0 aromatic rings. The molecular weight excluding hydrogens is 286 g/mol. The molecule has 2 saturated heterocycles. The van der Waals surface area contributed by atoms with Crippen LogP contribution in [0.25, 0.3) is 0 Å². The predicted octanol–water partition coefficient (Wildman–Crippen LogP) is 3.66. The summed E-state index contributed by atoms with van der Waals surface area (Å²) in [6, 6.07) is 0. The van der Waals surface area contributed by atoms with Crippen LogP contribution >= 0.6 is 0 Å². The number of likely N-dealkylation sites (tertiary alicyclic amines) is 1. The first kappa shape index (κ1) is 16.1. The Hall–Kier alpha value is -0.410. The van der Waals surface area contributed by atoms with Gasteiger partial charge < -0.3 is 9.64 Å². The highest BCUT2D eigenvalue weighted by atomic mass is 16.5. The lowest BCUT2D eigenvalue weighted by Crippen LogP contribution is -2.66. The molecule has 3 heteroatoms. The standard InChI is InChI=1S/C20H33NO2/c1-18(2)15-7-8-19(3)11-16(15)20(14-23-18,17(22)12-19)13-21-9-5-4-6-10-21/h15-16H,4-14H2,1-3H3/t15?,16?,19-,20+/m0/s1. The van der Waals surface area contributed by atoms with Crippen LogP contribution in [0.5, 0.6) is 0 Å². The van der Waals surface area contributed by atoms with Gasteiger partial charge >= 0.3 is 0 Å². The Kier molecular flexibility index (Phi) is 3.70. The van der Waals surface area contributed by atoms with Gasteiger partial charge in [0.15, 0.2) is 0 Å². The Morgan fingerprint density at radius 1 is 1.13 bits per heavy atom. The smallest absolute Gasteiger partial charge is 0.143 e. The van der Waals surface area contributed by atoms with Crippen LogP contribution in [0.1, 0.15) is 65.7 Å². The Morgan fingerprint density at radius 3 is 2.61 bits per heavy atom. The van der Waals surface area contributed by atoms with Crippen LogP contribution in [0.2, 0.25) is 0 Å². The number of ether oxygens (including phenoxy) is 1. The van der Waals surface area contributed by atoms with Gasteiger partial charge in [0.05, 0.1) is 17.6 Å². The molecule has 4 rings (SSSR count). The molecule has 23 heavy (non-hydrogen) atoms. The summed E-state index contributed by atoms with van der Waals surface area (Å²) in [7, 11) is 0.